The molecule has 0 aliphatic rings. The molecule has 0 aromatic heterocycles. The summed E-state index contributed by atoms with van der Waals surface area (Å²) in [5, 5.41) is 6.53. The molecule has 100 valence electrons. The molecule has 0 bridgehead atoms. The molecule has 0 spiro atoms. The quantitative estimate of drug-likeness (QED) is 0.616. The molecule has 0 aliphatic heterocycles. The van der Waals surface area contributed by atoms with Crippen LogP contribution in [0.5, 0.6) is 0 Å². The molecule has 3 aromatic rings. The number of benzene rings is 3. The van der Waals surface area contributed by atoms with Crippen LogP contribution in [-0.2, 0) is 0 Å². The van der Waals surface area contributed by atoms with E-state index in [-0.39, 0.29) is 0 Å². The van der Waals surface area contributed by atoms with E-state index in [9.17, 15) is 0 Å². The summed E-state index contributed by atoms with van der Waals surface area (Å²) in [6.07, 6.45) is 0. The van der Waals surface area contributed by atoms with E-state index in [4.69, 9.17) is 28.9 Å². The van der Waals surface area contributed by atoms with Crippen molar-refractivity contribution in [2.24, 2.45) is 0 Å². The van der Waals surface area contributed by atoms with Crippen molar-refractivity contribution in [1.82, 2.24) is 0 Å². The Morgan fingerprint density at radius 2 is 1.50 bits per heavy atom. The van der Waals surface area contributed by atoms with E-state index < -0.39 is 0 Å². The van der Waals surface area contributed by atoms with Gasteiger partial charge < -0.3 is 11.1 Å². The average molecular weight is 303 g/mol. The summed E-state index contributed by atoms with van der Waals surface area (Å²) in [5.74, 6) is 0. The van der Waals surface area contributed by atoms with Crippen molar-refractivity contribution in [3.63, 3.8) is 0 Å². The molecule has 0 atom stereocenters. The second kappa shape index (κ2) is 5.23. The molecular weight excluding hydrogens is 291 g/mol. The lowest BCUT2D eigenvalue weighted by Crippen LogP contribution is -1.97. The maximum Gasteiger partial charge on any atom is 0.0634 e. The van der Waals surface area contributed by atoms with Crippen LogP contribution in [0.15, 0.2) is 54.6 Å². The summed E-state index contributed by atoms with van der Waals surface area (Å²) in [4.78, 5) is 0. The highest BCUT2D eigenvalue weighted by Crippen LogP contribution is 2.34. The lowest BCUT2D eigenvalue weighted by molar-refractivity contribution is 1.57. The van der Waals surface area contributed by atoms with Crippen LogP contribution in [0.3, 0.4) is 0 Å². The predicted octanol–water partition coefficient (Wildman–Crippen LogP) is 5.47. The molecule has 4 heteroatoms. The third-order valence-corrected chi connectivity index (χ3v) is 3.87. The normalized spacial score (nSPS) is 10.7. The van der Waals surface area contributed by atoms with Crippen LogP contribution >= 0.6 is 23.2 Å². The average Bonchev–Trinajstić information content (AvgIpc) is 2.45. The van der Waals surface area contributed by atoms with Crippen LogP contribution in [0.1, 0.15) is 0 Å². The summed E-state index contributed by atoms with van der Waals surface area (Å²) >= 11 is 12.0. The molecule has 0 aliphatic carbocycles. The van der Waals surface area contributed by atoms with Gasteiger partial charge in [0, 0.05) is 11.1 Å². The van der Waals surface area contributed by atoms with E-state index >= 15 is 0 Å². The van der Waals surface area contributed by atoms with Crippen molar-refractivity contribution in [3.05, 3.63) is 64.6 Å². The zero-order valence-corrected chi connectivity index (χ0v) is 12.0. The van der Waals surface area contributed by atoms with Gasteiger partial charge in [0.05, 0.1) is 21.4 Å². The summed E-state index contributed by atoms with van der Waals surface area (Å²) in [6.45, 7) is 0. The summed E-state index contributed by atoms with van der Waals surface area (Å²) in [5.41, 5.74) is 8.26. The van der Waals surface area contributed by atoms with Crippen LogP contribution in [0.2, 0.25) is 10.0 Å². The van der Waals surface area contributed by atoms with Gasteiger partial charge >= 0.3 is 0 Å². The largest absolute Gasteiger partial charge is 0.397 e. The highest BCUT2D eigenvalue weighted by atomic mass is 35.5. The molecule has 2 nitrogen and oxygen atoms in total. The zero-order chi connectivity index (χ0) is 14.1. The van der Waals surface area contributed by atoms with Crippen LogP contribution < -0.4 is 11.1 Å². The first-order valence-corrected chi connectivity index (χ1v) is 6.90. The van der Waals surface area contributed by atoms with E-state index in [1.807, 2.05) is 24.3 Å². The van der Waals surface area contributed by atoms with Gasteiger partial charge in [0.2, 0.25) is 0 Å². The lowest BCUT2D eigenvalue weighted by Gasteiger charge is -2.13. The van der Waals surface area contributed by atoms with Crippen LogP contribution in [0.25, 0.3) is 10.8 Å². The van der Waals surface area contributed by atoms with Gasteiger partial charge in [-0.3, -0.25) is 0 Å². The van der Waals surface area contributed by atoms with Gasteiger partial charge in [-0.2, -0.15) is 0 Å². The summed E-state index contributed by atoms with van der Waals surface area (Å²) < 4.78 is 0. The fourth-order valence-corrected chi connectivity index (χ4v) is 2.49. The number of hydrogen-bond acceptors (Lipinski definition) is 2. The molecule has 3 N–H and O–H groups in total. The Kier molecular flexibility index (Phi) is 3.43. The number of nitrogens with two attached hydrogens (primary N) is 1. The van der Waals surface area contributed by atoms with Gasteiger partial charge in [-0.05, 0) is 23.6 Å². The second-order valence-electron chi connectivity index (χ2n) is 4.51. The molecule has 0 radical (unpaired) electrons. The van der Waals surface area contributed by atoms with Gasteiger partial charge in [-0.25, -0.2) is 0 Å². The van der Waals surface area contributed by atoms with Crippen molar-refractivity contribution in [3.8, 4) is 0 Å². The molecule has 20 heavy (non-hydrogen) atoms. The second-order valence-corrected chi connectivity index (χ2v) is 5.32. The first kappa shape index (κ1) is 13.1. The number of anilines is 3. The van der Waals surface area contributed by atoms with Gasteiger partial charge in [0.15, 0.2) is 0 Å². The van der Waals surface area contributed by atoms with Crippen LogP contribution in [-0.4, -0.2) is 0 Å². The van der Waals surface area contributed by atoms with Crippen molar-refractivity contribution in [1.29, 1.82) is 0 Å². The third-order valence-electron chi connectivity index (χ3n) is 3.15. The fourth-order valence-electron chi connectivity index (χ4n) is 2.15. The Labute approximate surface area is 127 Å². The zero-order valence-electron chi connectivity index (χ0n) is 10.5. The summed E-state index contributed by atoms with van der Waals surface area (Å²) in [7, 11) is 0. The highest BCUT2D eigenvalue weighted by Gasteiger charge is 2.07. The topological polar surface area (TPSA) is 38.0 Å². The van der Waals surface area contributed by atoms with Gasteiger partial charge in [0.1, 0.15) is 0 Å². The maximum absolute atomic E-state index is 6.04. The molecule has 0 heterocycles. The first-order chi connectivity index (χ1) is 9.65. The number of fused-ring (bicyclic) bond motifs is 1. The van der Waals surface area contributed by atoms with E-state index in [0.29, 0.717) is 15.7 Å². The molecular formula is C16H12Cl2N2. The van der Waals surface area contributed by atoms with Crippen molar-refractivity contribution >= 4 is 51.0 Å². The predicted molar refractivity (Wildman–Crippen MR) is 88.1 cm³/mol. The number of nitrogens with one attached hydrogen (secondary N) is 1. The lowest BCUT2D eigenvalue weighted by atomic mass is 10.1. The number of hydrogen-bond donors (Lipinski definition) is 2. The van der Waals surface area contributed by atoms with Crippen molar-refractivity contribution < 1.29 is 0 Å². The van der Waals surface area contributed by atoms with Gasteiger partial charge in [0.25, 0.3) is 0 Å². The number of halogens is 2. The Balaban J connectivity index is 2.08. The van der Waals surface area contributed by atoms with E-state index in [1.165, 1.54) is 0 Å². The highest BCUT2D eigenvalue weighted by molar-refractivity contribution is 6.42. The fraction of sp³-hybridized carbons (Fsp3) is 0. The van der Waals surface area contributed by atoms with Crippen molar-refractivity contribution in [2.45, 2.75) is 0 Å². The maximum atomic E-state index is 6.04. The Morgan fingerprint density at radius 1 is 0.800 bits per heavy atom. The van der Waals surface area contributed by atoms with Crippen LogP contribution in [0, 0.1) is 0 Å². The molecule has 0 unspecified atom stereocenters. The number of nitrogen functional groups attached to an aromatic ring is 1. The van der Waals surface area contributed by atoms with E-state index in [0.717, 1.165) is 22.1 Å². The standard InChI is InChI=1S/C16H12Cl2N2/c17-12-8-14(19)16(9-13(12)18)20-15-7-3-5-10-4-1-2-6-11(10)15/h1-9,20H,19H2. The van der Waals surface area contributed by atoms with Crippen molar-refractivity contribution in [2.75, 3.05) is 11.1 Å². The van der Waals surface area contributed by atoms with Gasteiger partial charge in [-0.15, -0.1) is 0 Å². The molecule has 0 amide bonds. The number of rotatable bonds is 2. The minimum Gasteiger partial charge on any atom is -0.397 e. The first-order valence-electron chi connectivity index (χ1n) is 6.14. The molecule has 0 saturated heterocycles. The Bertz CT molecular complexity index is 779. The van der Waals surface area contributed by atoms with Gasteiger partial charge in [-0.1, -0.05) is 59.6 Å². The van der Waals surface area contributed by atoms with Crippen LogP contribution in [0.4, 0.5) is 17.1 Å². The molecule has 3 rings (SSSR count). The smallest absolute Gasteiger partial charge is 0.0634 e. The Morgan fingerprint density at radius 3 is 2.35 bits per heavy atom. The third kappa shape index (κ3) is 2.40. The Hall–Kier alpha value is -1.90. The molecule has 3 aromatic carbocycles. The van der Waals surface area contributed by atoms with E-state index in [2.05, 4.69) is 23.5 Å². The molecule has 0 fully saturated rings. The summed E-state index contributed by atoms with van der Waals surface area (Å²) in [6, 6.07) is 17.6. The molecule has 0 saturated carbocycles. The SMILES string of the molecule is Nc1cc(Cl)c(Cl)cc1Nc1cccc2ccccc12. The minimum absolute atomic E-state index is 0.452. The minimum atomic E-state index is 0.452. The monoisotopic (exact) mass is 302 g/mol. The van der Waals surface area contributed by atoms with E-state index in [1.54, 1.807) is 12.1 Å².